The second-order valence-electron chi connectivity index (χ2n) is 6.82. The predicted octanol–water partition coefficient (Wildman–Crippen LogP) is 5.86. The van der Waals surface area contributed by atoms with E-state index in [-0.39, 0.29) is 5.91 Å². The smallest absolute Gasteiger partial charge is 0.216 e. The molecule has 0 unspecified atom stereocenters. The molecule has 0 heterocycles. The fourth-order valence-electron chi connectivity index (χ4n) is 2.53. The lowest BCUT2D eigenvalue weighted by Gasteiger charge is -2.04. The Bertz CT molecular complexity index is 436. The molecule has 27 heavy (non-hydrogen) atoms. The minimum atomic E-state index is 0.0392. The van der Waals surface area contributed by atoms with Crippen LogP contribution in [0.5, 0.6) is 0 Å². The van der Waals surface area contributed by atoms with Crippen molar-refractivity contribution in [2.75, 3.05) is 19.6 Å². The first-order valence-electron chi connectivity index (χ1n) is 10.8. The van der Waals surface area contributed by atoms with Crippen LogP contribution in [0.2, 0.25) is 0 Å². The van der Waals surface area contributed by atoms with E-state index in [1.165, 1.54) is 38.5 Å². The molecular formula is C24H42N2O. The summed E-state index contributed by atoms with van der Waals surface area (Å²) >= 11 is 0. The summed E-state index contributed by atoms with van der Waals surface area (Å²) in [6.07, 6.45) is 29.9. The van der Waals surface area contributed by atoms with Crippen LogP contribution in [-0.4, -0.2) is 25.5 Å². The van der Waals surface area contributed by atoms with Gasteiger partial charge < -0.3 is 10.6 Å². The van der Waals surface area contributed by atoms with Crippen LogP contribution in [0.3, 0.4) is 0 Å². The summed E-state index contributed by atoms with van der Waals surface area (Å²) in [7, 11) is 0. The highest BCUT2D eigenvalue weighted by Crippen LogP contribution is 2.01. The van der Waals surface area contributed by atoms with Crippen LogP contribution in [0.25, 0.3) is 0 Å². The lowest BCUT2D eigenvalue weighted by molar-refractivity contribution is -0.118. The van der Waals surface area contributed by atoms with Crippen molar-refractivity contribution in [2.45, 2.75) is 78.1 Å². The monoisotopic (exact) mass is 374 g/mol. The van der Waals surface area contributed by atoms with Gasteiger partial charge in [0.1, 0.15) is 0 Å². The fourth-order valence-corrected chi connectivity index (χ4v) is 2.53. The third-order valence-corrected chi connectivity index (χ3v) is 4.11. The van der Waals surface area contributed by atoms with Crippen LogP contribution in [0.1, 0.15) is 78.1 Å². The molecule has 0 aliphatic rings. The van der Waals surface area contributed by atoms with Crippen molar-refractivity contribution in [3.8, 4) is 0 Å². The molecule has 0 radical (unpaired) electrons. The lowest BCUT2D eigenvalue weighted by Crippen LogP contribution is -2.30. The Morgan fingerprint density at radius 3 is 1.70 bits per heavy atom. The first-order chi connectivity index (χ1) is 13.3. The standard InChI is InChI=1S/C24H42N2O/c1-3-4-5-6-7-8-9-10-11-12-13-14-15-16-17-18-19-20-21-25-22-23-26-24(2)27/h7-8,10-11,13-14,16-17,25H,3-6,9,12,15,18-23H2,1-2H3,(H,26,27). The Balaban J connectivity index is 3.33. The maximum atomic E-state index is 10.7. The minimum Gasteiger partial charge on any atom is -0.355 e. The summed E-state index contributed by atoms with van der Waals surface area (Å²) in [6, 6.07) is 0. The molecule has 0 saturated carbocycles. The topological polar surface area (TPSA) is 41.1 Å². The Morgan fingerprint density at radius 2 is 1.19 bits per heavy atom. The molecule has 0 aliphatic carbocycles. The lowest BCUT2D eigenvalue weighted by atomic mass is 10.2. The summed E-state index contributed by atoms with van der Waals surface area (Å²) in [5.41, 5.74) is 0. The van der Waals surface area contributed by atoms with E-state index in [4.69, 9.17) is 0 Å². The molecule has 0 bridgehead atoms. The molecular weight excluding hydrogens is 332 g/mol. The average molecular weight is 375 g/mol. The Hall–Kier alpha value is -1.61. The van der Waals surface area contributed by atoms with Gasteiger partial charge in [0.25, 0.3) is 0 Å². The first kappa shape index (κ1) is 25.4. The van der Waals surface area contributed by atoms with Crippen LogP contribution >= 0.6 is 0 Å². The number of amides is 1. The zero-order valence-corrected chi connectivity index (χ0v) is 17.7. The molecule has 3 heteroatoms. The second-order valence-corrected chi connectivity index (χ2v) is 6.82. The number of rotatable bonds is 18. The summed E-state index contributed by atoms with van der Waals surface area (Å²) < 4.78 is 0. The maximum absolute atomic E-state index is 10.7. The third-order valence-electron chi connectivity index (χ3n) is 4.11. The van der Waals surface area contributed by atoms with Gasteiger partial charge in [-0.15, -0.1) is 0 Å². The highest BCUT2D eigenvalue weighted by molar-refractivity contribution is 5.72. The Labute approximate surface area is 168 Å². The van der Waals surface area contributed by atoms with Gasteiger partial charge in [-0.05, 0) is 57.9 Å². The number of unbranched alkanes of at least 4 members (excludes halogenated alkanes) is 5. The molecule has 3 nitrogen and oxygen atoms in total. The number of carbonyl (C=O) groups excluding carboxylic acids is 1. The number of hydrogen-bond acceptors (Lipinski definition) is 2. The molecule has 0 fully saturated rings. The van der Waals surface area contributed by atoms with Crippen molar-refractivity contribution < 1.29 is 4.79 Å². The summed E-state index contributed by atoms with van der Waals surface area (Å²) in [6.45, 7) is 6.38. The van der Waals surface area contributed by atoms with Crippen LogP contribution < -0.4 is 10.6 Å². The van der Waals surface area contributed by atoms with Gasteiger partial charge >= 0.3 is 0 Å². The minimum absolute atomic E-state index is 0.0392. The van der Waals surface area contributed by atoms with Crippen LogP contribution in [-0.2, 0) is 4.79 Å². The fraction of sp³-hybridized carbons (Fsp3) is 0.625. The van der Waals surface area contributed by atoms with Gasteiger partial charge in [0.2, 0.25) is 5.91 Å². The number of hydrogen-bond donors (Lipinski definition) is 2. The second kappa shape index (κ2) is 22.4. The molecule has 0 saturated heterocycles. The summed E-state index contributed by atoms with van der Waals surface area (Å²) in [4.78, 5) is 10.7. The molecule has 0 atom stereocenters. The quantitative estimate of drug-likeness (QED) is 0.233. The van der Waals surface area contributed by atoms with Crippen molar-refractivity contribution >= 4 is 5.91 Å². The highest BCUT2D eigenvalue weighted by atomic mass is 16.1. The van der Waals surface area contributed by atoms with E-state index in [0.717, 1.165) is 38.8 Å². The van der Waals surface area contributed by atoms with E-state index in [9.17, 15) is 4.79 Å². The zero-order valence-electron chi connectivity index (χ0n) is 17.7. The molecule has 0 aliphatic heterocycles. The molecule has 154 valence electrons. The van der Waals surface area contributed by atoms with Crippen LogP contribution in [0.4, 0.5) is 0 Å². The molecule has 0 aromatic rings. The predicted molar refractivity (Wildman–Crippen MR) is 120 cm³/mol. The summed E-state index contributed by atoms with van der Waals surface area (Å²) in [5.74, 6) is 0.0392. The molecule has 0 spiro atoms. The molecule has 0 aromatic heterocycles. The van der Waals surface area contributed by atoms with Gasteiger partial charge in [-0.3, -0.25) is 4.79 Å². The Morgan fingerprint density at radius 1 is 0.667 bits per heavy atom. The Kier molecular flexibility index (Phi) is 21.1. The zero-order chi connectivity index (χ0) is 19.8. The van der Waals surface area contributed by atoms with Crippen LogP contribution in [0.15, 0.2) is 48.6 Å². The van der Waals surface area contributed by atoms with Gasteiger partial charge in [0, 0.05) is 20.0 Å². The van der Waals surface area contributed by atoms with Crippen molar-refractivity contribution in [1.29, 1.82) is 0 Å². The van der Waals surface area contributed by atoms with Gasteiger partial charge in [-0.25, -0.2) is 0 Å². The maximum Gasteiger partial charge on any atom is 0.216 e. The molecule has 2 N–H and O–H groups in total. The van der Waals surface area contributed by atoms with Crippen molar-refractivity contribution in [3.63, 3.8) is 0 Å². The van der Waals surface area contributed by atoms with E-state index in [1.54, 1.807) is 6.92 Å². The largest absolute Gasteiger partial charge is 0.355 e. The molecule has 0 aromatic carbocycles. The van der Waals surface area contributed by atoms with Crippen molar-refractivity contribution in [1.82, 2.24) is 10.6 Å². The van der Waals surface area contributed by atoms with Crippen molar-refractivity contribution in [3.05, 3.63) is 48.6 Å². The van der Waals surface area contributed by atoms with E-state index in [0.29, 0.717) is 6.54 Å². The number of nitrogens with one attached hydrogen (secondary N) is 2. The molecule has 1 amide bonds. The normalized spacial score (nSPS) is 12.2. The number of allylic oxidation sites excluding steroid dienone is 8. The van der Waals surface area contributed by atoms with Gasteiger partial charge in [0.15, 0.2) is 0 Å². The summed E-state index contributed by atoms with van der Waals surface area (Å²) in [5, 5.41) is 6.11. The van der Waals surface area contributed by atoms with Crippen molar-refractivity contribution in [2.24, 2.45) is 0 Å². The van der Waals surface area contributed by atoms with Gasteiger partial charge in [0.05, 0.1) is 0 Å². The number of carbonyl (C=O) groups is 1. The molecule has 0 rings (SSSR count). The van der Waals surface area contributed by atoms with Crippen LogP contribution in [0, 0.1) is 0 Å². The van der Waals surface area contributed by atoms with E-state index in [2.05, 4.69) is 66.2 Å². The van der Waals surface area contributed by atoms with E-state index >= 15 is 0 Å². The van der Waals surface area contributed by atoms with E-state index < -0.39 is 0 Å². The van der Waals surface area contributed by atoms with Gasteiger partial charge in [-0.1, -0.05) is 68.4 Å². The van der Waals surface area contributed by atoms with Gasteiger partial charge in [-0.2, -0.15) is 0 Å². The highest BCUT2D eigenvalue weighted by Gasteiger charge is 1.90. The first-order valence-corrected chi connectivity index (χ1v) is 10.8. The van der Waals surface area contributed by atoms with E-state index in [1.807, 2.05) is 0 Å². The average Bonchev–Trinajstić information content (AvgIpc) is 2.65. The third kappa shape index (κ3) is 24.4. The SMILES string of the molecule is CCCCCC=CCC=CCC=CCC=CCCCCNCCNC(C)=O.